The molecule has 0 aromatic heterocycles. The second-order valence-corrected chi connectivity index (χ2v) is 5.45. The van der Waals surface area contributed by atoms with Gasteiger partial charge in [-0.3, -0.25) is 4.79 Å². The molecular weight excluding hydrogens is 240 g/mol. The van der Waals surface area contributed by atoms with Gasteiger partial charge < -0.3 is 9.47 Å². The molecular formula is C16H18O3. The molecule has 19 heavy (non-hydrogen) atoms. The fourth-order valence-electron chi connectivity index (χ4n) is 1.77. The summed E-state index contributed by atoms with van der Waals surface area (Å²) in [6.07, 6.45) is 0. The predicted octanol–water partition coefficient (Wildman–Crippen LogP) is 3.80. The van der Waals surface area contributed by atoms with E-state index < -0.39 is 5.41 Å². The summed E-state index contributed by atoms with van der Waals surface area (Å²) >= 11 is 0. The largest absolute Gasteiger partial charge is 0.496 e. The maximum Gasteiger partial charge on any atom is 0.316 e. The first-order valence-electron chi connectivity index (χ1n) is 6.21. The second kappa shape index (κ2) is 4.92. The van der Waals surface area contributed by atoms with Crippen molar-refractivity contribution >= 4 is 16.7 Å². The van der Waals surface area contributed by atoms with Gasteiger partial charge in [-0.05, 0) is 32.9 Å². The Labute approximate surface area is 113 Å². The predicted molar refractivity (Wildman–Crippen MR) is 75.6 cm³/mol. The number of carbonyl (C=O) groups is 1. The standard InChI is InChI=1S/C16H18O3/c1-16(2,3)15(17)19-14-10-6-7-11-12(14)8-5-9-13(11)18-4/h5-10H,1-4H3. The summed E-state index contributed by atoms with van der Waals surface area (Å²) in [5, 5.41) is 1.81. The van der Waals surface area contributed by atoms with Crippen LogP contribution in [0, 0.1) is 5.41 Å². The van der Waals surface area contributed by atoms with E-state index in [1.165, 1.54) is 0 Å². The van der Waals surface area contributed by atoms with Crippen LogP contribution in [0.5, 0.6) is 11.5 Å². The lowest BCUT2D eigenvalue weighted by atomic mass is 9.97. The third-order valence-corrected chi connectivity index (χ3v) is 2.88. The minimum Gasteiger partial charge on any atom is -0.496 e. The van der Waals surface area contributed by atoms with E-state index >= 15 is 0 Å². The number of esters is 1. The molecule has 0 unspecified atom stereocenters. The zero-order valence-electron chi connectivity index (χ0n) is 11.7. The van der Waals surface area contributed by atoms with Crippen LogP contribution in [0.25, 0.3) is 10.8 Å². The molecule has 0 aliphatic rings. The van der Waals surface area contributed by atoms with Gasteiger partial charge in [0.15, 0.2) is 0 Å². The molecule has 0 amide bonds. The topological polar surface area (TPSA) is 35.5 Å². The summed E-state index contributed by atoms with van der Waals surface area (Å²) in [6.45, 7) is 5.50. The van der Waals surface area contributed by atoms with Gasteiger partial charge in [0.05, 0.1) is 12.5 Å². The Kier molecular flexibility index (Phi) is 3.47. The fourth-order valence-corrected chi connectivity index (χ4v) is 1.77. The highest BCUT2D eigenvalue weighted by atomic mass is 16.5. The minimum atomic E-state index is -0.527. The van der Waals surface area contributed by atoms with Gasteiger partial charge in [-0.25, -0.2) is 0 Å². The Hall–Kier alpha value is -2.03. The van der Waals surface area contributed by atoms with Crippen LogP contribution in [0.4, 0.5) is 0 Å². The molecule has 3 heteroatoms. The van der Waals surface area contributed by atoms with Gasteiger partial charge in [-0.15, -0.1) is 0 Å². The molecule has 0 spiro atoms. The van der Waals surface area contributed by atoms with Gasteiger partial charge in [0.2, 0.25) is 0 Å². The van der Waals surface area contributed by atoms with E-state index in [0.29, 0.717) is 5.75 Å². The maximum absolute atomic E-state index is 12.0. The lowest BCUT2D eigenvalue weighted by molar-refractivity contribution is -0.142. The normalized spacial score (nSPS) is 11.4. The maximum atomic E-state index is 12.0. The van der Waals surface area contributed by atoms with Gasteiger partial charge in [0, 0.05) is 10.8 Å². The first-order valence-corrected chi connectivity index (χ1v) is 6.21. The van der Waals surface area contributed by atoms with Crippen molar-refractivity contribution in [3.8, 4) is 11.5 Å². The highest BCUT2D eigenvalue weighted by Gasteiger charge is 2.24. The first-order chi connectivity index (χ1) is 8.93. The number of ether oxygens (including phenoxy) is 2. The molecule has 2 aromatic rings. The van der Waals surface area contributed by atoms with E-state index in [9.17, 15) is 4.79 Å². The fraction of sp³-hybridized carbons (Fsp3) is 0.312. The highest BCUT2D eigenvalue weighted by Crippen LogP contribution is 2.33. The molecule has 0 aliphatic heterocycles. The summed E-state index contributed by atoms with van der Waals surface area (Å²) in [6, 6.07) is 11.3. The zero-order valence-corrected chi connectivity index (χ0v) is 11.7. The van der Waals surface area contributed by atoms with Crippen LogP contribution in [0.3, 0.4) is 0 Å². The average Bonchev–Trinajstić information content (AvgIpc) is 2.37. The van der Waals surface area contributed by atoms with Crippen LogP contribution in [0.1, 0.15) is 20.8 Å². The van der Waals surface area contributed by atoms with E-state index in [4.69, 9.17) is 9.47 Å². The summed E-state index contributed by atoms with van der Waals surface area (Å²) in [7, 11) is 1.63. The van der Waals surface area contributed by atoms with Crippen molar-refractivity contribution in [1.29, 1.82) is 0 Å². The van der Waals surface area contributed by atoms with E-state index in [0.717, 1.165) is 16.5 Å². The van der Waals surface area contributed by atoms with Crippen molar-refractivity contribution in [2.24, 2.45) is 5.41 Å². The van der Waals surface area contributed by atoms with Gasteiger partial charge in [0.1, 0.15) is 11.5 Å². The minimum absolute atomic E-state index is 0.247. The Balaban J connectivity index is 2.48. The van der Waals surface area contributed by atoms with E-state index in [2.05, 4.69) is 0 Å². The summed E-state index contributed by atoms with van der Waals surface area (Å²) in [5.74, 6) is 1.09. The molecule has 0 saturated heterocycles. The first kappa shape index (κ1) is 13.4. The van der Waals surface area contributed by atoms with Gasteiger partial charge in [0.25, 0.3) is 0 Å². The molecule has 0 aliphatic carbocycles. The average molecular weight is 258 g/mol. The second-order valence-electron chi connectivity index (χ2n) is 5.45. The molecule has 3 nitrogen and oxygen atoms in total. The number of rotatable bonds is 2. The third-order valence-electron chi connectivity index (χ3n) is 2.88. The highest BCUT2D eigenvalue weighted by molar-refractivity contribution is 5.94. The summed E-state index contributed by atoms with van der Waals surface area (Å²) in [5.41, 5.74) is -0.527. The Morgan fingerprint density at radius 3 is 2.00 bits per heavy atom. The number of fused-ring (bicyclic) bond motifs is 1. The number of benzene rings is 2. The van der Waals surface area contributed by atoms with E-state index in [-0.39, 0.29) is 5.97 Å². The Bertz CT molecular complexity index is 609. The van der Waals surface area contributed by atoms with Crippen LogP contribution >= 0.6 is 0 Å². The number of hydrogen-bond donors (Lipinski definition) is 0. The Morgan fingerprint density at radius 1 is 0.947 bits per heavy atom. The van der Waals surface area contributed by atoms with Crippen LogP contribution in [-0.2, 0) is 4.79 Å². The molecule has 0 saturated carbocycles. The van der Waals surface area contributed by atoms with Gasteiger partial charge >= 0.3 is 5.97 Å². The lowest BCUT2D eigenvalue weighted by Crippen LogP contribution is -2.25. The number of carbonyl (C=O) groups excluding carboxylic acids is 1. The monoisotopic (exact) mass is 258 g/mol. The summed E-state index contributed by atoms with van der Waals surface area (Å²) < 4.78 is 10.8. The van der Waals surface area contributed by atoms with Crippen LogP contribution in [0.2, 0.25) is 0 Å². The number of hydrogen-bond acceptors (Lipinski definition) is 3. The van der Waals surface area contributed by atoms with Crippen LogP contribution < -0.4 is 9.47 Å². The quantitative estimate of drug-likeness (QED) is 0.607. The molecule has 0 atom stereocenters. The summed E-state index contributed by atoms with van der Waals surface area (Å²) in [4.78, 5) is 12.0. The molecule has 0 fully saturated rings. The molecule has 2 aromatic carbocycles. The molecule has 0 N–H and O–H groups in total. The lowest BCUT2D eigenvalue weighted by Gasteiger charge is -2.17. The molecule has 0 bridgehead atoms. The number of methoxy groups -OCH3 is 1. The van der Waals surface area contributed by atoms with Crippen LogP contribution in [-0.4, -0.2) is 13.1 Å². The van der Waals surface area contributed by atoms with E-state index in [1.54, 1.807) is 13.2 Å². The zero-order chi connectivity index (χ0) is 14.0. The van der Waals surface area contributed by atoms with E-state index in [1.807, 2.05) is 51.1 Å². The molecule has 0 radical (unpaired) electrons. The van der Waals surface area contributed by atoms with Crippen LogP contribution in [0.15, 0.2) is 36.4 Å². The van der Waals surface area contributed by atoms with Crippen molar-refractivity contribution in [3.63, 3.8) is 0 Å². The van der Waals surface area contributed by atoms with Crippen molar-refractivity contribution in [3.05, 3.63) is 36.4 Å². The molecule has 100 valence electrons. The van der Waals surface area contributed by atoms with Crippen molar-refractivity contribution in [1.82, 2.24) is 0 Å². The van der Waals surface area contributed by atoms with Crippen molar-refractivity contribution in [2.45, 2.75) is 20.8 Å². The van der Waals surface area contributed by atoms with Gasteiger partial charge in [-0.2, -0.15) is 0 Å². The SMILES string of the molecule is COc1cccc2c(OC(=O)C(C)(C)C)cccc12. The smallest absolute Gasteiger partial charge is 0.316 e. The van der Waals surface area contributed by atoms with Crippen molar-refractivity contribution < 1.29 is 14.3 Å². The Morgan fingerprint density at radius 2 is 1.47 bits per heavy atom. The molecule has 2 rings (SSSR count). The third kappa shape index (κ3) is 2.70. The molecule has 0 heterocycles. The van der Waals surface area contributed by atoms with Gasteiger partial charge in [-0.1, -0.05) is 24.3 Å². The van der Waals surface area contributed by atoms with Crippen molar-refractivity contribution in [2.75, 3.05) is 7.11 Å².